The predicted molar refractivity (Wildman–Crippen MR) is 19.7 cm³/mol. The molecule has 0 saturated carbocycles. The first-order valence-electron chi connectivity index (χ1n) is 0.612. The number of hydrogen-bond donors (Lipinski definition) is 0. The number of carboxylic acid groups (broad SMARTS) is 2. The Bertz CT molecular complexity index is 33.8. The van der Waals surface area contributed by atoms with Gasteiger partial charge in [-0.3, -0.25) is 0 Å². The summed E-state index contributed by atoms with van der Waals surface area (Å²) in [5.41, 5.74) is 0. The molecule has 0 rings (SSSR count). The molecule has 0 aromatic rings. The molecule has 0 heterocycles. The maximum absolute atomic E-state index is 8.33. The third-order valence-corrected chi connectivity index (χ3v) is 0. The number of rotatable bonds is 0. The van der Waals surface area contributed by atoms with Crippen LogP contribution in [0.4, 0.5) is 4.79 Å². The van der Waals surface area contributed by atoms with Crippen LogP contribution in [0.25, 0.3) is 0 Å². The molecule has 0 aromatic carbocycles. The molecule has 0 bridgehead atoms. The first kappa shape index (κ1) is 15.8. The first-order chi connectivity index (χ1) is 1.73. The third kappa shape index (κ3) is 33.2. The summed E-state index contributed by atoms with van der Waals surface area (Å²) in [5, 5.41) is 16.7. The minimum Gasteiger partial charge on any atom is 2.00 e. The summed E-state index contributed by atoms with van der Waals surface area (Å²) in [7, 11) is 0. The average molecular weight is 287 g/mol. The second-order valence-electron chi connectivity index (χ2n) is 0.250. The molecule has 0 aliphatic rings. The largest absolute Gasteiger partial charge is 2.00 e. The van der Waals surface area contributed by atoms with Crippen LogP contribution in [0.15, 0.2) is 0 Å². The van der Waals surface area contributed by atoms with Crippen LogP contribution >= 0.6 is 0 Å². The smallest absolute Gasteiger partial charge is 2.00 e. The second-order valence-corrected chi connectivity index (χ2v) is 0.250. The van der Waals surface area contributed by atoms with Gasteiger partial charge in [0.1, 0.15) is 0 Å². The van der Waals surface area contributed by atoms with Crippen molar-refractivity contribution in [2.24, 2.45) is 0 Å². The summed E-state index contributed by atoms with van der Waals surface area (Å²) in [6, 6.07) is 0. The van der Waals surface area contributed by atoms with Crippen LogP contribution in [-0.2, 0) is 0 Å². The summed E-state index contributed by atoms with van der Waals surface area (Å²) in [4.78, 5) is 8.33. The van der Waals surface area contributed by atoms with Crippen LogP contribution in [0, 0.1) is 0 Å². The molecule has 0 fully saturated rings. The number of hydrogen-bond acceptors (Lipinski definition) is 3. The van der Waals surface area contributed by atoms with E-state index in [9.17, 15) is 0 Å². The van der Waals surface area contributed by atoms with Crippen molar-refractivity contribution in [1.29, 1.82) is 0 Å². The van der Waals surface area contributed by atoms with E-state index in [4.69, 9.17) is 15.0 Å². The van der Waals surface area contributed by atoms with Crippen molar-refractivity contribution in [3.8, 4) is 0 Å². The number of carbonyl (C=O) groups excluding carboxylic acids is 1. The van der Waals surface area contributed by atoms with E-state index in [1.807, 2.05) is 0 Å². The Kier molecular flexibility index (Phi) is 27.1. The minimum atomic E-state index is -2.33. The maximum Gasteiger partial charge on any atom is 2.00 e. The van der Waals surface area contributed by atoms with E-state index in [-0.39, 0.29) is 94.4 Å². The van der Waals surface area contributed by atoms with Gasteiger partial charge in [0.25, 0.3) is 0 Å². The molecule has 0 aromatic heterocycles. The molecule has 5 heteroatoms. The SMILES string of the molecule is O=C([O-])[O-].[BaH2].[Sr+2]. The summed E-state index contributed by atoms with van der Waals surface area (Å²) in [6.07, 6.45) is -2.33. The van der Waals surface area contributed by atoms with Gasteiger partial charge in [-0.15, -0.1) is 0 Å². The van der Waals surface area contributed by atoms with E-state index in [2.05, 4.69) is 0 Å². The van der Waals surface area contributed by atoms with Gasteiger partial charge in [-0.1, -0.05) is 0 Å². The Morgan fingerprint density at radius 2 is 1.33 bits per heavy atom. The van der Waals surface area contributed by atoms with Crippen molar-refractivity contribution >= 4 is 101 Å². The molecule has 28 valence electrons. The fourth-order valence-electron chi connectivity index (χ4n) is 0. The summed E-state index contributed by atoms with van der Waals surface area (Å²) < 4.78 is 0. The van der Waals surface area contributed by atoms with Gasteiger partial charge in [0, 0.05) is 0 Å². The normalized spacial score (nSPS) is 4.00. The molecule has 0 saturated heterocycles. The summed E-state index contributed by atoms with van der Waals surface area (Å²) in [5.74, 6) is 0. The van der Waals surface area contributed by atoms with Crippen LogP contribution in [0.5, 0.6) is 0 Å². The van der Waals surface area contributed by atoms with Crippen molar-refractivity contribution in [3.63, 3.8) is 0 Å². The molecular formula is CH2BaO3Sr. The van der Waals surface area contributed by atoms with Crippen molar-refractivity contribution in [2.45, 2.75) is 0 Å². The van der Waals surface area contributed by atoms with Crippen molar-refractivity contribution in [2.75, 3.05) is 0 Å². The topological polar surface area (TPSA) is 63.2 Å². The Morgan fingerprint density at radius 3 is 1.33 bits per heavy atom. The third-order valence-electron chi connectivity index (χ3n) is 0. The van der Waals surface area contributed by atoms with E-state index < -0.39 is 6.16 Å². The van der Waals surface area contributed by atoms with E-state index in [0.717, 1.165) is 0 Å². The molecule has 0 amide bonds. The fraction of sp³-hybridized carbons (Fsp3) is 0. The van der Waals surface area contributed by atoms with Gasteiger partial charge in [-0.05, 0) is 6.16 Å². The molecule has 0 N–H and O–H groups in total. The maximum atomic E-state index is 8.33. The van der Waals surface area contributed by atoms with Crippen LogP contribution < -0.4 is 10.2 Å². The van der Waals surface area contributed by atoms with Crippen LogP contribution in [0.2, 0.25) is 0 Å². The molecule has 3 nitrogen and oxygen atoms in total. The second kappa shape index (κ2) is 10.3. The van der Waals surface area contributed by atoms with Crippen molar-refractivity contribution in [3.05, 3.63) is 0 Å². The Labute approximate surface area is 112 Å². The van der Waals surface area contributed by atoms with E-state index in [1.54, 1.807) is 0 Å². The Hall–Kier alpha value is 2.32. The quantitative estimate of drug-likeness (QED) is 0.430. The van der Waals surface area contributed by atoms with Crippen LogP contribution in [0.3, 0.4) is 0 Å². The van der Waals surface area contributed by atoms with Gasteiger partial charge in [-0.2, -0.15) is 0 Å². The monoisotopic (exact) mass is 288 g/mol. The zero-order valence-corrected chi connectivity index (χ0v) is 5.91. The molecule has 0 radical (unpaired) electrons. The molecule has 0 aliphatic heterocycles. The molecule has 0 atom stereocenters. The Morgan fingerprint density at radius 1 is 1.33 bits per heavy atom. The standard InChI is InChI=1S/CH2O3.Ba.Sr.2H/c2-1(3)4;;;;/h(H2,2,3,4);;;;/q;;+2;;/p-2. The van der Waals surface area contributed by atoms with Gasteiger partial charge in [0.15, 0.2) is 0 Å². The predicted octanol–water partition coefficient (Wildman–Crippen LogP) is -3.74. The van der Waals surface area contributed by atoms with Crippen molar-refractivity contribution < 1.29 is 15.0 Å². The average Bonchev–Trinajstić information content (AvgIpc) is 0.811. The molecule has 0 unspecified atom stereocenters. The van der Waals surface area contributed by atoms with Crippen molar-refractivity contribution in [1.82, 2.24) is 0 Å². The first-order valence-corrected chi connectivity index (χ1v) is 0.612. The summed E-state index contributed by atoms with van der Waals surface area (Å²) in [6.45, 7) is 0. The van der Waals surface area contributed by atoms with Crippen LogP contribution in [0.1, 0.15) is 0 Å². The van der Waals surface area contributed by atoms with E-state index in [0.29, 0.717) is 0 Å². The molecule has 0 spiro atoms. The van der Waals surface area contributed by atoms with E-state index >= 15 is 0 Å². The molecule has 6 heavy (non-hydrogen) atoms. The summed E-state index contributed by atoms with van der Waals surface area (Å²) >= 11 is 0. The number of carbonyl (C=O) groups is 1. The molecule has 0 aliphatic carbocycles. The van der Waals surface area contributed by atoms with Gasteiger partial charge in [0.05, 0.1) is 0 Å². The van der Waals surface area contributed by atoms with Crippen LogP contribution in [-0.4, -0.2) is 101 Å². The Balaban J connectivity index is -0.0000000450. The minimum absolute atomic E-state index is 0. The fourth-order valence-corrected chi connectivity index (χ4v) is 0. The molecular weight excluding hydrogens is 285 g/mol. The zero-order chi connectivity index (χ0) is 3.58. The van der Waals surface area contributed by atoms with Gasteiger partial charge in [0.2, 0.25) is 0 Å². The van der Waals surface area contributed by atoms with E-state index in [1.165, 1.54) is 0 Å². The van der Waals surface area contributed by atoms with Gasteiger partial charge < -0.3 is 15.0 Å². The van der Waals surface area contributed by atoms with Gasteiger partial charge in [-0.25, -0.2) is 0 Å². The van der Waals surface area contributed by atoms with Gasteiger partial charge >= 0.3 is 94.4 Å². The zero-order valence-electron chi connectivity index (χ0n) is 2.43.